The predicted molar refractivity (Wildman–Crippen MR) is 150 cm³/mol. The van der Waals surface area contributed by atoms with E-state index in [0.717, 1.165) is 36.2 Å². The van der Waals surface area contributed by atoms with Gasteiger partial charge in [-0.15, -0.1) is 24.8 Å². The Kier molecular flexibility index (Phi) is 10.9. The van der Waals surface area contributed by atoms with Gasteiger partial charge in [0.2, 0.25) is 0 Å². The third-order valence-corrected chi connectivity index (χ3v) is 6.70. The van der Waals surface area contributed by atoms with Gasteiger partial charge in [0.1, 0.15) is 24.7 Å². The zero-order chi connectivity index (χ0) is 24.5. The Hall–Kier alpha value is -1.55. The summed E-state index contributed by atoms with van der Waals surface area (Å²) < 4.78 is 8.06. The number of rotatable bonds is 8. The van der Waals surface area contributed by atoms with E-state index in [1.165, 1.54) is 0 Å². The molecule has 1 aliphatic rings. The smallest absolute Gasteiger partial charge is 0.138 e. The van der Waals surface area contributed by atoms with E-state index in [4.69, 9.17) is 22.1 Å². The lowest BCUT2D eigenvalue weighted by molar-refractivity contribution is -0.0995. The van der Waals surface area contributed by atoms with Crippen molar-refractivity contribution in [3.8, 4) is 5.75 Å². The molecule has 0 aliphatic carbocycles. The summed E-state index contributed by atoms with van der Waals surface area (Å²) >= 11 is 5.99. The molecule has 0 amide bonds. The number of aliphatic hydroxyl groups excluding tert-OH is 2. The number of aryl methyl sites for hydroxylation is 1. The van der Waals surface area contributed by atoms with Gasteiger partial charge in [-0.3, -0.25) is 9.80 Å². The molecule has 7 nitrogen and oxygen atoms in total. The topological polar surface area (TPSA) is 87.1 Å². The standard InChI is InChI=1S/C26H35ClN4O3.2ClH/c1-26(2,28)17-30-12-14-31(15-13-30)25(33)24(32)23-20-6-4-5-7-21(20)29(3)22(23)16-34-19-10-8-18(27)9-11-19;;/h4-11,24-25,32-33H,12-17,28H2,1-3H3;2*1H. The van der Waals surface area contributed by atoms with Crippen LogP contribution in [0.2, 0.25) is 5.02 Å². The van der Waals surface area contributed by atoms with E-state index in [1.54, 1.807) is 12.1 Å². The van der Waals surface area contributed by atoms with Crippen molar-refractivity contribution in [2.45, 2.75) is 38.3 Å². The zero-order valence-corrected chi connectivity index (χ0v) is 23.3. The second-order valence-corrected chi connectivity index (χ2v) is 10.3. The maximum absolute atomic E-state index is 11.4. The number of aliphatic hydroxyl groups is 2. The number of ether oxygens (including phenoxy) is 1. The van der Waals surface area contributed by atoms with Crippen molar-refractivity contribution in [3.63, 3.8) is 0 Å². The van der Waals surface area contributed by atoms with E-state index >= 15 is 0 Å². The van der Waals surface area contributed by atoms with Crippen molar-refractivity contribution in [1.29, 1.82) is 0 Å². The van der Waals surface area contributed by atoms with Crippen molar-refractivity contribution in [1.82, 2.24) is 14.4 Å². The summed E-state index contributed by atoms with van der Waals surface area (Å²) in [7, 11) is 1.96. The first-order valence-electron chi connectivity index (χ1n) is 11.7. The Morgan fingerprint density at radius 1 is 1.00 bits per heavy atom. The van der Waals surface area contributed by atoms with Gasteiger partial charge in [-0.2, -0.15) is 0 Å². The molecule has 36 heavy (non-hydrogen) atoms. The lowest BCUT2D eigenvalue weighted by Gasteiger charge is -2.40. The highest BCUT2D eigenvalue weighted by Gasteiger charge is 2.33. The van der Waals surface area contributed by atoms with Crippen molar-refractivity contribution < 1.29 is 14.9 Å². The van der Waals surface area contributed by atoms with E-state index in [1.807, 2.05) is 66.8 Å². The van der Waals surface area contributed by atoms with Crippen LogP contribution >= 0.6 is 36.4 Å². The average molecular weight is 560 g/mol. The summed E-state index contributed by atoms with van der Waals surface area (Å²) in [5.41, 5.74) is 8.41. The molecular weight excluding hydrogens is 523 g/mol. The summed E-state index contributed by atoms with van der Waals surface area (Å²) in [6.45, 7) is 8.02. The van der Waals surface area contributed by atoms with Crippen molar-refractivity contribution in [2.75, 3.05) is 32.7 Å². The van der Waals surface area contributed by atoms with Crippen LogP contribution in [0.25, 0.3) is 10.9 Å². The van der Waals surface area contributed by atoms with Gasteiger partial charge in [-0.1, -0.05) is 29.8 Å². The minimum atomic E-state index is -1.08. The molecule has 0 bridgehead atoms. The fourth-order valence-electron chi connectivity index (χ4n) is 4.77. The molecule has 4 rings (SSSR count). The Labute approximate surface area is 230 Å². The SMILES string of the molecule is Cl.Cl.Cn1c(COc2ccc(Cl)cc2)c(C(O)C(O)N2CCN(CC(C)(C)N)CC2)c2ccccc21. The summed E-state index contributed by atoms with van der Waals surface area (Å²) in [6.07, 6.45) is -2.10. The number of piperazine rings is 1. The molecule has 10 heteroatoms. The maximum Gasteiger partial charge on any atom is 0.138 e. The number of para-hydroxylation sites is 1. The molecule has 0 saturated carbocycles. The van der Waals surface area contributed by atoms with Gasteiger partial charge in [-0.05, 0) is 44.2 Å². The first-order chi connectivity index (χ1) is 16.1. The van der Waals surface area contributed by atoms with Crippen LogP contribution in [0.15, 0.2) is 48.5 Å². The molecule has 2 atom stereocenters. The van der Waals surface area contributed by atoms with E-state index in [2.05, 4.69) is 4.90 Å². The van der Waals surface area contributed by atoms with E-state index < -0.39 is 12.3 Å². The highest BCUT2D eigenvalue weighted by atomic mass is 35.5. The van der Waals surface area contributed by atoms with Gasteiger partial charge >= 0.3 is 0 Å². The van der Waals surface area contributed by atoms with Crippen LogP contribution < -0.4 is 10.5 Å². The van der Waals surface area contributed by atoms with Gasteiger partial charge in [0, 0.05) is 66.8 Å². The average Bonchev–Trinajstić information content (AvgIpc) is 3.09. The van der Waals surface area contributed by atoms with Crippen LogP contribution in [-0.2, 0) is 13.7 Å². The maximum atomic E-state index is 11.4. The third-order valence-electron chi connectivity index (χ3n) is 6.45. The van der Waals surface area contributed by atoms with Crippen molar-refractivity contribution >= 4 is 47.3 Å². The molecule has 1 aliphatic heterocycles. The van der Waals surface area contributed by atoms with Crippen LogP contribution in [0.3, 0.4) is 0 Å². The van der Waals surface area contributed by atoms with Gasteiger partial charge in [-0.25, -0.2) is 0 Å². The van der Waals surface area contributed by atoms with Crippen LogP contribution in [0.1, 0.15) is 31.2 Å². The lowest BCUT2D eigenvalue weighted by Crippen LogP contribution is -2.55. The Morgan fingerprint density at radius 3 is 2.22 bits per heavy atom. The van der Waals surface area contributed by atoms with Crippen molar-refractivity contribution in [2.24, 2.45) is 12.8 Å². The van der Waals surface area contributed by atoms with Crippen LogP contribution in [0.5, 0.6) is 5.75 Å². The molecule has 200 valence electrons. The minimum Gasteiger partial charge on any atom is -0.487 e. The van der Waals surface area contributed by atoms with Gasteiger partial charge < -0.3 is 25.3 Å². The first kappa shape index (κ1) is 30.7. The van der Waals surface area contributed by atoms with E-state index in [9.17, 15) is 10.2 Å². The Morgan fingerprint density at radius 2 is 1.61 bits per heavy atom. The first-order valence-corrected chi connectivity index (χ1v) is 12.1. The summed E-state index contributed by atoms with van der Waals surface area (Å²) in [5.74, 6) is 0.689. The fraction of sp³-hybridized carbons (Fsp3) is 0.462. The summed E-state index contributed by atoms with van der Waals surface area (Å²) in [5, 5.41) is 24.2. The number of fused-ring (bicyclic) bond motifs is 1. The molecule has 2 aromatic carbocycles. The van der Waals surface area contributed by atoms with Crippen molar-refractivity contribution in [3.05, 3.63) is 64.8 Å². The monoisotopic (exact) mass is 558 g/mol. The third kappa shape index (κ3) is 7.05. The Balaban J connectivity index is 0.00000228. The number of halogens is 3. The number of benzene rings is 2. The number of hydrogen-bond donors (Lipinski definition) is 3. The normalized spacial score (nSPS) is 16.8. The summed E-state index contributed by atoms with van der Waals surface area (Å²) in [4.78, 5) is 4.25. The van der Waals surface area contributed by atoms with Crippen LogP contribution in [0.4, 0.5) is 0 Å². The highest BCUT2D eigenvalue weighted by Crippen LogP contribution is 2.34. The molecular formula is C26H37Cl3N4O3. The van der Waals surface area contributed by atoms with Crippen LogP contribution in [-0.4, -0.2) is 69.1 Å². The minimum absolute atomic E-state index is 0. The molecule has 0 spiro atoms. The molecule has 4 N–H and O–H groups in total. The molecule has 0 radical (unpaired) electrons. The number of nitrogens with zero attached hydrogens (tertiary/aromatic N) is 3. The quantitative estimate of drug-likeness (QED) is 0.387. The number of hydrogen-bond acceptors (Lipinski definition) is 6. The van der Waals surface area contributed by atoms with Gasteiger partial charge in [0.25, 0.3) is 0 Å². The molecule has 2 unspecified atom stereocenters. The second-order valence-electron chi connectivity index (χ2n) is 9.84. The summed E-state index contributed by atoms with van der Waals surface area (Å²) in [6, 6.07) is 15.1. The van der Waals surface area contributed by atoms with Gasteiger partial charge in [0.15, 0.2) is 0 Å². The number of nitrogens with two attached hydrogens (primary N) is 1. The van der Waals surface area contributed by atoms with Crippen LogP contribution in [0, 0.1) is 0 Å². The molecule has 1 fully saturated rings. The molecule has 2 heterocycles. The lowest BCUT2D eigenvalue weighted by atomic mass is 10.0. The highest BCUT2D eigenvalue weighted by molar-refractivity contribution is 6.30. The molecule has 1 aromatic heterocycles. The zero-order valence-electron chi connectivity index (χ0n) is 20.9. The second kappa shape index (κ2) is 12.8. The Bertz CT molecular complexity index is 1110. The fourth-order valence-corrected chi connectivity index (χ4v) is 4.90. The largest absolute Gasteiger partial charge is 0.487 e. The van der Waals surface area contributed by atoms with Gasteiger partial charge in [0.05, 0.1) is 5.69 Å². The molecule has 1 saturated heterocycles. The molecule has 3 aromatic rings. The van der Waals surface area contributed by atoms with E-state index in [-0.39, 0.29) is 37.0 Å². The number of aromatic nitrogens is 1. The predicted octanol–water partition coefficient (Wildman–Crippen LogP) is 3.96. The van der Waals surface area contributed by atoms with E-state index in [0.29, 0.717) is 29.4 Å².